The number of rotatable bonds is 5. The smallest absolute Gasteiger partial charge is 0.237 e. The van der Waals surface area contributed by atoms with Gasteiger partial charge < -0.3 is 10.4 Å². The van der Waals surface area contributed by atoms with Crippen LogP contribution in [0.15, 0.2) is 0 Å². The second-order valence-corrected chi connectivity index (χ2v) is 5.04. The number of unbranched alkanes of at least 4 members (excludes halogenated alkanes) is 1. The summed E-state index contributed by atoms with van der Waals surface area (Å²) in [5.74, 6) is 0.0751. The van der Waals surface area contributed by atoms with Crippen LogP contribution in [-0.2, 0) is 4.79 Å². The quantitative estimate of drug-likeness (QED) is 0.683. The van der Waals surface area contributed by atoms with Crippen LogP contribution < -0.4 is 5.32 Å². The minimum Gasteiger partial charge on any atom is -0.389 e. The number of hydrogen-bond acceptors (Lipinski definition) is 3. The number of hydrogen-bond donors (Lipinski definition) is 2. The Bertz CT molecular complexity index is 241. The van der Waals surface area contributed by atoms with Crippen molar-refractivity contribution in [1.29, 1.82) is 0 Å². The maximum atomic E-state index is 11.8. The first-order valence-electron chi connectivity index (χ1n) is 6.20. The number of nitrogens with one attached hydrogen (secondary N) is 1. The maximum absolute atomic E-state index is 11.8. The van der Waals surface area contributed by atoms with Gasteiger partial charge in [0.1, 0.15) is 0 Å². The van der Waals surface area contributed by atoms with Gasteiger partial charge in [-0.15, -0.1) is 0 Å². The normalized spacial score (nSPS) is 28.0. The number of nitrogens with zero attached hydrogens (tertiary/aromatic N) is 1. The molecule has 1 aliphatic heterocycles. The van der Waals surface area contributed by atoms with Gasteiger partial charge in [-0.25, -0.2) is 0 Å². The van der Waals surface area contributed by atoms with Gasteiger partial charge >= 0.3 is 0 Å². The molecule has 1 heterocycles. The molecule has 0 radical (unpaired) electrons. The minimum absolute atomic E-state index is 0.0751. The van der Waals surface area contributed by atoms with Crippen molar-refractivity contribution >= 4 is 5.91 Å². The summed E-state index contributed by atoms with van der Waals surface area (Å²) in [6.45, 7) is 7.99. The SMILES string of the molecule is CCCCNC(=O)C(C)N1CCC(C)(O)C1. The predicted molar refractivity (Wildman–Crippen MR) is 64.2 cm³/mol. The van der Waals surface area contributed by atoms with E-state index in [1.807, 2.05) is 18.7 Å². The van der Waals surface area contributed by atoms with Crippen LogP contribution in [-0.4, -0.2) is 47.2 Å². The zero-order valence-electron chi connectivity index (χ0n) is 10.6. The van der Waals surface area contributed by atoms with Crippen LogP contribution in [0.3, 0.4) is 0 Å². The van der Waals surface area contributed by atoms with Crippen molar-refractivity contribution in [3.63, 3.8) is 0 Å². The van der Waals surface area contributed by atoms with E-state index in [1.165, 1.54) is 0 Å². The Morgan fingerprint density at radius 1 is 1.62 bits per heavy atom. The van der Waals surface area contributed by atoms with Gasteiger partial charge in [-0.3, -0.25) is 9.69 Å². The lowest BCUT2D eigenvalue weighted by Gasteiger charge is -2.24. The van der Waals surface area contributed by atoms with Crippen molar-refractivity contribution < 1.29 is 9.90 Å². The van der Waals surface area contributed by atoms with Crippen LogP contribution in [0.1, 0.15) is 40.0 Å². The standard InChI is InChI=1S/C12H24N2O2/c1-4-5-7-13-11(15)10(2)14-8-6-12(3,16)9-14/h10,16H,4-9H2,1-3H3,(H,13,15). The molecule has 2 atom stereocenters. The number of carbonyl (C=O) groups is 1. The second-order valence-electron chi connectivity index (χ2n) is 5.04. The van der Waals surface area contributed by atoms with Crippen molar-refractivity contribution in [2.75, 3.05) is 19.6 Å². The first kappa shape index (κ1) is 13.5. The molecule has 4 heteroatoms. The van der Waals surface area contributed by atoms with Crippen LogP contribution in [0.25, 0.3) is 0 Å². The molecule has 1 amide bonds. The molecule has 2 N–H and O–H groups in total. The highest BCUT2D eigenvalue weighted by Gasteiger charge is 2.35. The molecule has 1 saturated heterocycles. The highest BCUT2D eigenvalue weighted by molar-refractivity contribution is 5.81. The molecule has 16 heavy (non-hydrogen) atoms. The Labute approximate surface area is 98.0 Å². The van der Waals surface area contributed by atoms with Gasteiger partial charge in [-0.1, -0.05) is 13.3 Å². The zero-order valence-corrected chi connectivity index (χ0v) is 10.6. The summed E-state index contributed by atoms with van der Waals surface area (Å²) in [7, 11) is 0. The lowest BCUT2D eigenvalue weighted by molar-refractivity contribution is -0.125. The van der Waals surface area contributed by atoms with Gasteiger partial charge in [0.25, 0.3) is 0 Å². The Morgan fingerprint density at radius 3 is 2.81 bits per heavy atom. The summed E-state index contributed by atoms with van der Waals surface area (Å²) in [6, 6.07) is -0.133. The van der Waals surface area contributed by atoms with E-state index in [9.17, 15) is 9.90 Å². The number of likely N-dealkylation sites (tertiary alicyclic amines) is 1. The highest BCUT2D eigenvalue weighted by atomic mass is 16.3. The molecule has 0 aromatic heterocycles. The van der Waals surface area contributed by atoms with Gasteiger partial charge in [0, 0.05) is 19.6 Å². The average molecular weight is 228 g/mol. The molecule has 4 nitrogen and oxygen atoms in total. The third-order valence-corrected chi connectivity index (χ3v) is 3.24. The lowest BCUT2D eigenvalue weighted by atomic mass is 10.1. The fraction of sp³-hybridized carbons (Fsp3) is 0.917. The summed E-state index contributed by atoms with van der Waals surface area (Å²) in [4.78, 5) is 13.8. The van der Waals surface area contributed by atoms with E-state index < -0.39 is 5.60 Å². The Balaban J connectivity index is 2.34. The first-order chi connectivity index (χ1) is 7.46. The van der Waals surface area contributed by atoms with E-state index in [2.05, 4.69) is 12.2 Å². The van der Waals surface area contributed by atoms with Crippen LogP contribution >= 0.6 is 0 Å². The molecule has 0 aliphatic carbocycles. The predicted octanol–water partition coefficient (Wildman–Crippen LogP) is 0.748. The highest BCUT2D eigenvalue weighted by Crippen LogP contribution is 2.22. The molecule has 0 spiro atoms. The first-order valence-corrected chi connectivity index (χ1v) is 6.20. The van der Waals surface area contributed by atoms with Crippen molar-refractivity contribution in [3.8, 4) is 0 Å². The maximum Gasteiger partial charge on any atom is 0.237 e. The monoisotopic (exact) mass is 228 g/mol. The summed E-state index contributed by atoms with van der Waals surface area (Å²) in [6.07, 6.45) is 2.86. The van der Waals surface area contributed by atoms with Crippen LogP contribution in [0, 0.1) is 0 Å². The number of carbonyl (C=O) groups excluding carboxylic acids is 1. The third-order valence-electron chi connectivity index (χ3n) is 3.24. The molecule has 0 saturated carbocycles. The topological polar surface area (TPSA) is 52.6 Å². The largest absolute Gasteiger partial charge is 0.389 e. The molecule has 94 valence electrons. The fourth-order valence-corrected chi connectivity index (χ4v) is 2.01. The Hall–Kier alpha value is -0.610. The molecule has 0 aromatic carbocycles. The molecule has 1 fully saturated rings. The van der Waals surface area contributed by atoms with Gasteiger partial charge in [0.05, 0.1) is 11.6 Å². The molecule has 2 unspecified atom stereocenters. The summed E-state index contributed by atoms with van der Waals surface area (Å²) in [5.41, 5.74) is -0.627. The Morgan fingerprint density at radius 2 is 2.31 bits per heavy atom. The number of amides is 1. The zero-order chi connectivity index (χ0) is 12.2. The number of β-amino-alcohol motifs (C(OH)–C–C–N with tert-alkyl or cyclic N) is 1. The fourth-order valence-electron chi connectivity index (χ4n) is 2.01. The van der Waals surface area contributed by atoms with Gasteiger partial charge in [-0.05, 0) is 26.7 Å². The van der Waals surface area contributed by atoms with E-state index in [1.54, 1.807) is 0 Å². The third kappa shape index (κ3) is 3.76. The molecule has 0 aromatic rings. The van der Waals surface area contributed by atoms with E-state index in [4.69, 9.17) is 0 Å². The van der Waals surface area contributed by atoms with E-state index in [0.29, 0.717) is 6.54 Å². The van der Waals surface area contributed by atoms with Crippen molar-refractivity contribution in [2.24, 2.45) is 0 Å². The summed E-state index contributed by atoms with van der Waals surface area (Å²) >= 11 is 0. The van der Waals surface area contributed by atoms with Crippen molar-refractivity contribution in [3.05, 3.63) is 0 Å². The average Bonchev–Trinajstić information content (AvgIpc) is 2.58. The molecule has 0 bridgehead atoms. The van der Waals surface area contributed by atoms with Crippen LogP contribution in [0.4, 0.5) is 0 Å². The minimum atomic E-state index is -0.627. The van der Waals surface area contributed by atoms with Crippen molar-refractivity contribution in [1.82, 2.24) is 10.2 Å². The second kappa shape index (κ2) is 5.64. The molecule has 1 aliphatic rings. The van der Waals surface area contributed by atoms with E-state index in [-0.39, 0.29) is 11.9 Å². The van der Waals surface area contributed by atoms with Crippen LogP contribution in [0.2, 0.25) is 0 Å². The molecular formula is C12H24N2O2. The van der Waals surface area contributed by atoms with Crippen LogP contribution in [0.5, 0.6) is 0 Å². The lowest BCUT2D eigenvalue weighted by Crippen LogP contribution is -2.45. The molecule has 1 rings (SSSR count). The van der Waals surface area contributed by atoms with E-state index >= 15 is 0 Å². The Kier molecular flexibility index (Phi) is 4.74. The van der Waals surface area contributed by atoms with Gasteiger partial charge in [0.15, 0.2) is 0 Å². The molecular weight excluding hydrogens is 204 g/mol. The summed E-state index contributed by atoms with van der Waals surface area (Å²) < 4.78 is 0. The van der Waals surface area contributed by atoms with Crippen molar-refractivity contribution in [2.45, 2.75) is 51.7 Å². The number of aliphatic hydroxyl groups is 1. The summed E-state index contributed by atoms with van der Waals surface area (Å²) in [5, 5.41) is 12.8. The van der Waals surface area contributed by atoms with E-state index in [0.717, 1.165) is 32.4 Å². The van der Waals surface area contributed by atoms with Gasteiger partial charge in [-0.2, -0.15) is 0 Å². The van der Waals surface area contributed by atoms with Gasteiger partial charge in [0.2, 0.25) is 5.91 Å².